The number of hydrogen-bond donors (Lipinski definition) is 1. The highest BCUT2D eigenvalue weighted by Crippen LogP contribution is 2.21. The second-order valence-corrected chi connectivity index (χ2v) is 5.02. The molecule has 1 N–H and O–H groups in total. The van der Waals surface area contributed by atoms with Crippen molar-refractivity contribution in [3.05, 3.63) is 65.2 Å². The Bertz CT molecular complexity index is 590. The molecule has 2 aromatic carbocycles. The molecule has 2 aromatic rings. The normalized spacial score (nSPS) is 10.3. The van der Waals surface area contributed by atoms with Gasteiger partial charge in [-0.25, -0.2) is 0 Å². The number of aryl methyl sites for hydroxylation is 2. The van der Waals surface area contributed by atoms with Crippen molar-refractivity contribution in [2.75, 3.05) is 11.4 Å². The van der Waals surface area contributed by atoms with E-state index in [1.54, 1.807) is 0 Å². The fourth-order valence-electron chi connectivity index (χ4n) is 2.22. The number of carboxylic acids is 1. The van der Waals surface area contributed by atoms with Gasteiger partial charge in [0.2, 0.25) is 0 Å². The van der Waals surface area contributed by atoms with Crippen molar-refractivity contribution in [3.63, 3.8) is 0 Å². The largest absolute Gasteiger partial charge is 0.480 e. The third-order valence-electron chi connectivity index (χ3n) is 3.28. The molecule has 0 spiro atoms. The maximum atomic E-state index is 11.1. The average molecular weight is 269 g/mol. The summed E-state index contributed by atoms with van der Waals surface area (Å²) in [5, 5.41) is 9.12. The van der Waals surface area contributed by atoms with Gasteiger partial charge >= 0.3 is 5.97 Å². The Balaban J connectivity index is 2.26. The molecule has 0 atom stereocenters. The smallest absolute Gasteiger partial charge is 0.323 e. The van der Waals surface area contributed by atoms with Crippen molar-refractivity contribution in [2.24, 2.45) is 0 Å². The van der Waals surface area contributed by atoms with Crippen LogP contribution in [0.5, 0.6) is 0 Å². The fraction of sp³-hybridized carbons (Fsp3) is 0.235. The monoisotopic (exact) mass is 269 g/mol. The molecule has 104 valence electrons. The molecule has 0 aromatic heterocycles. The summed E-state index contributed by atoms with van der Waals surface area (Å²) in [5.41, 5.74) is 4.37. The van der Waals surface area contributed by atoms with Crippen molar-refractivity contribution in [2.45, 2.75) is 20.4 Å². The van der Waals surface area contributed by atoms with Crippen LogP contribution < -0.4 is 4.90 Å². The van der Waals surface area contributed by atoms with E-state index in [0.717, 1.165) is 16.8 Å². The molecule has 0 amide bonds. The van der Waals surface area contributed by atoms with Gasteiger partial charge in [-0.2, -0.15) is 0 Å². The van der Waals surface area contributed by atoms with E-state index in [2.05, 4.69) is 0 Å². The number of nitrogens with zero attached hydrogens (tertiary/aromatic N) is 1. The highest BCUT2D eigenvalue weighted by atomic mass is 16.4. The molecule has 0 saturated heterocycles. The van der Waals surface area contributed by atoms with Gasteiger partial charge < -0.3 is 10.0 Å². The molecule has 0 fully saturated rings. The molecule has 3 heteroatoms. The minimum absolute atomic E-state index is 0.00126. The van der Waals surface area contributed by atoms with E-state index >= 15 is 0 Å². The van der Waals surface area contributed by atoms with Crippen LogP contribution >= 0.6 is 0 Å². The van der Waals surface area contributed by atoms with Gasteiger partial charge in [-0.3, -0.25) is 4.79 Å². The molecule has 0 aliphatic heterocycles. The van der Waals surface area contributed by atoms with Crippen LogP contribution in [-0.4, -0.2) is 17.6 Å². The summed E-state index contributed by atoms with van der Waals surface area (Å²) in [4.78, 5) is 13.0. The second kappa shape index (κ2) is 6.24. The molecule has 0 radical (unpaired) electrons. The Kier molecular flexibility index (Phi) is 4.41. The first kappa shape index (κ1) is 14.1. The maximum Gasteiger partial charge on any atom is 0.323 e. The Labute approximate surface area is 119 Å². The summed E-state index contributed by atoms with van der Waals surface area (Å²) in [6.45, 7) is 4.63. The second-order valence-electron chi connectivity index (χ2n) is 5.02. The minimum atomic E-state index is -0.819. The summed E-state index contributed by atoms with van der Waals surface area (Å²) < 4.78 is 0. The third-order valence-corrected chi connectivity index (χ3v) is 3.28. The molecular formula is C17H19NO2. The van der Waals surface area contributed by atoms with Crippen LogP contribution in [0.15, 0.2) is 48.5 Å². The van der Waals surface area contributed by atoms with Gasteiger partial charge in [-0.05, 0) is 31.0 Å². The number of para-hydroxylation sites is 1. The summed E-state index contributed by atoms with van der Waals surface area (Å²) >= 11 is 0. The van der Waals surface area contributed by atoms with Crippen LogP contribution in [0.25, 0.3) is 0 Å². The summed E-state index contributed by atoms with van der Waals surface area (Å²) in [6, 6.07) is 16.0. The highest BCUT2D eigenvalue weighted by molar-refractivity contribution is 5.74. The quantitative estimate of drug-likeness (QED) is 0.904. The molecular weight excluding hydrogens is 250 g/mol. The molecule has 0 saturated carbocycles. The van der Waals surface area contributed by atoms with Gasteiger partial charge in [-0.15, -0.1) is 0 Å². The van der Waals surface area contributed by atoms with Crippen LogP contribution in [-0.2, 0) is 11.3 Å². The van der Waals surface area contributed by atoms with Gasteiger partial charge in [-0.1, -0.05) is 48.0 Å². The zero-order chi connectivity index (χ0) is 14.5. The van der Waals surface area contributed by atoms with E-state index in [9.17, 15) is 4.79 Å². The Morgan fingerprint density at radius 2 is 1.70 bits per heavy atom. The summed E-state index contributed by atoms with van der Waals surface area (Å²) in [5.74, 6) is -0.819. The molecule has 2 rings (SSSR count). The lowest BCUT2D eigenvalue weighted by molar-refractivity contribution is -0.135. The number of aliphatic carboxylic acids is 1. The summed E-state index contributed by atoms with van der Waals surface area (Å²) in [7, 11) is 0. The fourth-order valence-corrected chi connectivity index (χ4v) is 2.22. The standard InChI is InChI=1S/C17H19NO2/c1-13-7-9-15(10-8-13)11-18(12-17(19)20)16-6-4-3-5-14(16)2/h3-10H,11-12H2,1-2H3,(H,19,20). The van der Waals surface area contributed by atoms with Crippen LogP contribution in [0.3, 0.4) is 0 Å². The molecule has 0 aliphatic carbocycles. The SMILES string of the molecule is Cc1ccc(CN(CC(=O)O)c2ccccc2C)cc1. The van der Waals surface area contributed by atoms with Crippen LogP contribution in [0.4, 0.5) is 5.69 Å². The van der Waals surface area contributed by atoms with Crippen molar-refractivity contribution >= 4 is 11.7 Å². The zero-order valence-corrected chi connectivity index (χ0v) is 11.8. The number of carboxylic acid groups (broad SMARTS) is 1. The van der Waals surface area contributed by atoms with Gasteiger partial charge in [0.1, 0.15) is 6.54 Å². The molecule has 0 heterocycles. The Hall–Kier alpha value is -2.29. The molecule has 0 aliphatic rings. The lowest BCUT2D eigenvalue weighted by Crippen LogP contribution is -2.29. The molecule has 0 bridgehead atoms. The number of rotatable bonds is 5. The van der Waals surface area contributed by atoms with Gasteiger partial charge in [0.25, 0.3) is 0 Å². The molecule has 20 heavy (non-hydrogen) atoms. The van der Waals surface area contributed by atoms with E-state index in [1.165, 1.54) is 5.56 Å². The third kappa shape index (κ3) is 3.60. The highest BCUT2D eigenvalue weighted by Gasteiger charge is 2.13. The van der Waals surface area contributed by atoms with E-state index in [4.69, 9.17) is 5.11 Å². The number of carbonyl (C=O) groups is 1. The van der Waals surface area contributed by atoms with Crippen LogP contribution in [0.2, 0.25) is 0 Å². The van der Waals surface area contributed by atoms with Crippen LogP contribution in [0, 0.1) is 13.8 Å². The minimum Gasteiger partial charge on any atom is -0.480 e. The van der Waals surface area contributed by atoms with E-state index in [0.29, 0.717) is 6.54 Å². The van der Waals surface area contributed by atoms with Crippen molar-refractivity contribution < 1.29 is 9.90 Å². The summed E-state index contributed by atoms with van der Waals surface area (Å²) in [6.07, 6.45) is 0. The predicted octanol–water partition coefficient (Wildman–Crippen LogP) is 3.39. The Morgan fingerprint density at radius 1 is 1.05 bits per heavy atom. The van der Waals surface area contributed by atoms with Crippen molar-refractivity contribution in [3.8, 4) is 0 Å². The van der Waals surface area contributed by atoms with Gasteiger partial charge in [0.15, 0.2) is 0 Å². The van der Waals surface area contributed by atoms with Crippen molar-refractivity contribution in [1.29, 1.82) is 0 Å². The van der Waals surface area contributed by atoms with Gasteiger partial charge in [0, 0.05) is 12.2 Å². The van der Waals surface area contributed by atoms with Gasteiger partial charge in [0.05, 0.1) is 0 Å². The topological polar surface area (TPSA) is 40.5 Å². The number of anilines is 1. The zero-order valence-electron chi connectivity index (χ0n) is 11.8. The predicted molar refractivity (Wildman–Crippen MR) is 81.0 cm³/mol. The maximum absolute atomic E-state index is 11.1. The Morgan fingerprint density at radius 3 is 2.30 bits per heavy atom. The molecule has 0 unspecified atom stereocenters. The first-order valence-corrected chi connectivity index (χ1v) is 6.64. The van der Waals surface area contributed by atoms with E-state index in [-0.39, 0.29) is 6.54 Å². The van der Waals surface area contributed by atoms with Crippen LogP contribution in [0.1, 0.15) is 16.7 Å². The van der Waals surface area contributed by atoms with Crippen molar-refractivity contribution in [1.82, 2.24) is 0 Å². The van der Waals surface area contributed by atoms with E-state index in [1.807, 2.05) is 67.3 Å². The number of benzene rings is 2. The van der Waals surface area contributed by atoms with E-state index < -0.39 is 5.97 Å². The average Bonchev–Trinajstić information content (AvgIpc) is 2.41. The first-order chi connectivity index (χ1) is 9.56. The number of hydrogen-bond acceptors (Lipinski definition) is 2. The lowest BCUT2D eigenvalue weighted by Gasteiger charge is -2.24. The lowest BCUT2D eigenvalue weighted by atomic mass is 10.1. The molecule has 3 nitrogen and oxygen atoms in total. The first-order valence-electron chi connectivity index (χ1n) is 6.64.